The quantitative estimate of drug-likeness (QED) is 0.819. The van der Waals surface area contributed by atoms with E-state index in [2.05, 4.69) is 25.2 Å². The van der Waals surface area contributed by atoms with E-state index in [-0.39, 0.29) is 0 Å². The fourth-order valence-corrected chi connectivity index (χ4v) is 3.02. The molecule has 1 aromatic carbocycles. The molecule has 1 aliphatic rings. The van der Waals surface area contributed by atoms with E-state index in [0.717, 1.165) is 31.5 Å². The van der Waals surface area contributed by atoms with Gasteiger partial charge in [-0.1, -0.05) is 32.0 Å². The summed E-state index contributed by atoms with van der Waals surface area (Å²) in [5, 5.41) is 13.4. The van der Waals surface area contributed by atoms with Gasteiger partial charge in [-0.15, -0.1) is 0 Å². The highest BCUT2D eigenvalue weighted by molar-refractivity contribution is 5.37. The largest absolute Gasteiger partial charge is 0.508 e. The van der Waals surface area contributed by atoms with Gasteiger partial charge < -0.3 is 10.4 Å². The maximum atomic E-state index is 9.97. The number of hydrogen-bond donors (Lipinski definition) is 2. The number of aromatic hydroxyl groups is 1. The van der Waals surface area contributed by atoms with Gasteiger partial charge in [-0.2, -0.15) is 0 Å². The second kappa shape index (κ2) is 4.46. The monoisotopic (exact) mass is 219 g/mol. The van der Waals surface area contributed by atoms with Crippen LogP contribution in [0.15, 0.2) is 24.3 Å². The van der Waals surface area contributed by atoms with Gasteiger partial charge in [0, 0.05) is 19.0 Å². The lowest BCUT2D eigenvalue weighted by atomic mass is 9.70. The molecular formula is C14H21NO. The summed E-state index contributed by atoms with van der Waals surface area (Å²) in [7, 11) is 0. The van der Waals surface area contributed by atoms with Crippen LogP contribution < -0.4 is 5.32 Å². The first-order chi connectivity index (χ1) is 7.73. The van der Waals surface area contributed by atoms with Crippen LogP contribution in [-0.4, -0.2) is 18.2 Å². The summed E-state index contributed by atoms with van der Waals surface area (Å²) in [4.78, 5) is 0. The predicted molar refractivity (Wildman–Crippen MR) is 66.7 cm³/mol. The number of benzene rings is 1. The van der Waals surface area contributed by atoms with E-state index in [4.69, 9.17) is 0 Å². The molecule has 0 unspecified atom stereocenters. The van der Waals surface area contributed by atoms with Crippen molar-refractivity contribution in [2.45, 2.75) is 32.6 Å². The van der Waals surface area contributed by atoms with Crippen LogP contribution in [0.25, 0.3) is 0 Å². The molecule has 1 aromatic rings. The molecular weight excluding hydrogens is 198 g/mol. The molecule has 0 bridgehead atoms. The average Bonchev–Trinajstić information content (AvgIpc) is 2.74. The van der Waals surface area contributed by atoms with Crippen LogP contribution in [0.3, 0.4) is 0 Å². The van der Waals surface area contributed by atoms with Gasteiger partial charge in [0.25, 0.3) is 0 Å². The topological polar surface area (TPSA) is 32.3 Å². The molecule has 1 aliphatic heterocycles. The molecule has 2 N–H and O–H groups in total. The van der Waals surface area contributed by atoms with Crippen molar-refractivity contribution < 1.29 is 5.11 Å². The number of para-hydroxylation sites is 1. The molecule has 16 heavy (non-hydrogen) atoms. The lowest BCUT2D eigenvalue weighted by molar-refractivity contribution is 0.256. The van der Waals surface area contributed by atoms with Crippen LogP contribution >= 0.6 is 0 Å². The molecule has 0 aromatic heterocycles. The van der Waals surface area contributed by atoms with Gasteiger partial charge in [0.2, 0.25) is 0 Å². The van der Waals surface area contributed by atoms with Gasteiger partial charge in [-0.25, -0.2) is 0 Å². The minimum atomic E-state index is 0.318. The first-order valence-corrected chi connectivity index (χ1v) is 6.22. The van der Waals surface area contributed by atoms with Crippen molar-refractivity contribution in [1.82, 2.24) is 5.32 Å². The lowest BCUT2D eigenvalue weighted by Crippen LogP contribution is -2.27. The van der Waals surface area contributed by atoms with Gasteiger partial charge in [-0.05, 0) is 29.9 Å². The molecule has 0 saturated carbocycles. The summed E-state index contributed by atoms with van der Waals surface area (Å²) in [5.41, 5.74) is 1.43. The number of phenols is 1. The third-order valence-electron chi connectivity index (χ3n) is 4.29. The van der Waals surface area contributed by atoms with E-state index < -0.39 is 0 Å². The second-order valence-corrected chi connectivity index (χ2v) is 4.81. The first-order valence-electron chi connectivity index (χ1n) is 6.22. The molecule has 2 rings (SSSR count). The molecule has 2 heteroatoms. The van der Waals surface area contributed by atoms with Crippen molar-refractivity contribution in [2.24, 2.45) is 5.41 Å². The Morgan fingerprint density at radius 2 is 2.00 bits per heavy atom. The Morgan fingerprint density at radius 1 is 1.31 bits per heavy atom. The highest BCUT2D eigenvalue weighted by Gasteiger charge is 2.41. The normalized spacial score (nSPS) is 23.5. The van der Waals surface area contributed by atoms with Crippen LogP contribution in [0, 0.1) is 5.41 Å². The molecule has 0 spiro atoms. The molecule has 0 amide bonds. The zero-order valence-electron chi connectivity index (χ0n) is 10.2. The van der Waals surface area contributed by atoms with Crippen molar-refractivity contribution >= 4 is 0 Å². The number of rotatable bonds is 3. The second-order valence-electron chi connectivity index (χ2n) is 4.81. The molecule has 0 radical (unpaired) electrons. The van der Waals surface area contributed by atoms with Crippen LogP contribution in [0.2, 0.25) is 0 Å². The Morgan fingerprint density at radius 3 is 2.62 bits per heavy atom. The van der Waals surface area contributed by atoms with E-state index in [1.807, 2.05) is 12.1 Å². The van der Waals surface area contributed by atoms with E-state index in [0.29, 0.717) is 17.1 Å². The van der Waals surface area contributed by atoms with Crippen molar-refractivity contribution in [2.75, 3.05) is 13.1 Å². The summed E-state index contributed by atoms with van der Waals surface area (Å²) in [6.07, 6.45) is 2.32. The van der Waals surface area contributed by atoms with Crippen LogP contribution in [0.1, 0.15) is 38.2 Å². The minimum Gasteiger partial charge on any atom is -0.508 e. The number of hydrogen-bond acceptors (Lipinski definition) is 2. The molecule has 88 valence electrons. The number of nitrogens with one attached hydrogen (secondary N) is 1. The maximum absolute atomic E-state index is 9.97. The predicted octanol–water partition coefficient (Wildman–Crippen LogP) is 2.89. The van der Waals surface area contributed by atoms with Crippen LogP contribution in [0.5, 0.6) is 5.75 Å². The highest BCUT2D eigenvalue weighted by Crippen LogP contribution is 2.46. The molecule has 1 atom stereocenters. The number of phenolic OH excluding ortho intramolecular Hbond substituents is 1. The average molecular weight is 219 g/mol. The van der Waals surface area contributed by atoms with Crippen LogP contribution in [0.4, 0.5) is 0 Å². The van der Waals surface area contributed by atoms with Crippen molar-refractivity contribution in [3.63, 3.8) is 0 Å². The van der Waals surface area contributed by atoms with Crippen LogP contribution in [-0.2, 0) is 0 Å². The zero-order valence-corrected chi connectivity index (χ0v) is 10.2. The lowest BCUT2D eigenvalue weighted by Gasteiger charge is -2.33. The Balaban J connectivity index is 2.37. The fraction of sp³-hybridized carbons (Fsp3) is 0.571. The standard InChI is InChI=1S/C14H21NO/c1-3-14(4-2)10-15-9-12(14)11-7-5-6-8-13(11)16/h5-8,12,15-16H,3-4,9-10H2,1-2H3/t12-/m0/s1. The van der Waals surface area contributed by atoms with E-state index in [1.165, 1.54) is 0 Å². The molecule has 1 saturated heterocycles. The third kappa shape index (κ3) is 1.71. The SMILES string of the molecule is CCC1(CC)CNC[C@H]1c1ccccc1O. The van der Waals surface area contributed by atoms with Gasteiger partial charge in [-0.3, -0.25) is 0 Å². The third-order valence-corrected chi connectivity index (χ3v) is 4.29. The van der Waals surface area contributed by atoms with Gasteiger partial charge in [0.05, 0.1) is 0 Å². The van der Waals surface area contributed by atoms with Crippen molar-refractivity contribution in [3.8, 4) is 5.75 Å². The van der Waals surface area contributed by atoms with Gasteiger partial charge in [0.1, 0.15) is 5.75 Å². The Bertz CT molecular complexity index is 358. The summed E-state index contributed by atoms with van der Waals surface area (Å²) in [6, 6.07) is 7.76. The highest BCUT2D eigenvalue weighted by atomic mass is 16.3. The zero-order chi connectivity index (χ0) is 11.6. The Labute approximate surface area is 97.7 Å². The Hall–Kier alpha value is -1.02. The summed E-state index contributed by atoms with van der Waals surface area (Å²) in [5.74, 6) is 0.895. The molecule has 0 aliphatic carbocycles. The van der Waals surface area contributed by atoms with Gasteiger partial charge in [0.15, 0.2) is 0 Å². The van der Waals surface area contributed by atoms with Crippen molar-refractivity contribution in [1.29, 1.82) is 0 Å². The molecule has 1 heterocycles. The Kier molecular flexibility index (Phi) is 3.20. The van der Waals surface area contributed by atoms with E-state index >= 15 is 0 Å². The first kappa shape index (κ1) is 11.5. The van der Waals surface area contributed by atoms with E-state index in [9.17, 15) is 5.11 Å². The molecule has 1 fully saturated rings. The maximum Gasteiger partial charge on any atom is 0.119 e. The van der Waals surface area contributed by atoms with Gasteiger partial charge >= 0.3 is 0 Å². The molecule has 2 nitrogen and oxygen atoms in total. The van der Waals surface area contributed by atoms with E-state index in [1.54, 1.807) is 6.07 Å². The van der Waals surface area contributed by atoms with Crippen molar-refractivity contribution in [3.05, 3.63) is 29.8 Å². The fourth-order valence-electron chi connectivity index (χ4n) is 3.02. The summed E-state index contributed by atoms with van der Waals surface area (Å²) >= 11 is 0. The smallest absolute Gasteiger partial charge is 0.119 e. The summed E-state index contributed by atoms with van der Waals surface area (Å²) in [6.45, 7) is 6.56. The minimum absolute atomic E-state index is 0.318. The summed E-state index contributed by atoms with van der Waals surface area (Å²) < 4.78 is 0.